The second kappa shape index (κ2) is 8.63. The van der Waals surface area contributed by atoms with Gasteiger partial charge in [0, 0.05) is 24.7 Å². The summed E-state index contributed by atoms with van der Waals surface area (Å²) in [5.41, 5.74) is 0.884. The number of carbonyl (C=O) groups excluding carboxylic acids is 1. The van der Waals surface area contributed by atoms with E-state index in [1.54, 1.807) is 48.5 Å². The number of sulfonamides is 1. The molecule has 0 heterocycles. The molecule has 1 amide bonds. The lowest BCUT2D eigenvalue weighted by Crippen LogP contribution is -2.28. The number of hydrogen-bond acceptors (Lipinski definition) is 3. The highest BCUT2D eigenvalue weighted by Gasteiger charge is 2.25. The van der Waals surface area contributed by atoms with Gasteiger partial charge < -0.3 is 5.32 Å². The Morgan fingerprint density at radius 2 is 1.69 bits per heavy atom. The van der Waals surface area contributed by atoms with Gasteiger partial charge in [0.05, 0.1) is 10.7 Å². The Balaban J connectivity index is 1.86. The van der Waals surface area contributed by atoms with E-state index in [1.807, 2.05) is 0 Å². The summed E-state index contributed by atoms with van der Waals surface area (Å²) in [6.07, 6.45) is 0. The molecule has 0 aliphatic rings. The molecular formula is C21H18ClFN2O3S. The van der Waals surface area contributed by atoms with Gasteiger partial charge >= 0.3 is 0 Å². The number of nitrogens with one attached hydrogen (secondary N) is 1. The molecule has 0 atom stereocenters. The van der Waals surface area contributed by atoms with Crippen molar-refractivity contribution < 1.29 is 17.6 Å². The van der Waals surface area contributed by atoms with Crippen LogP contribution in [0, 0.1) is 5.82 Å². The first-order chi connectivity index (χ1) is 13.8. The fourth-order valence-electron chi connectivity index (χ4n) is 2.69. The topological polar surface area (TPSA) is 66.5 Å². The number of anilines is 1. The summed E-state index contributed by atoms with van der Waals surface area (Å²) in [6, 6.07) is 18.6. The number of carbonyl (C=O) groups is 1. The van der Waals surface area contributed by atoms with Gasteiger partial charge in [0.15, 0.2) is 0 Å². The van der Waals surface area contributed by atoms with Crippen molar-refractivity contribution in [3.8, 4) is 0 Å². The third kappa shape index (κ3) is 4.58. The Labute approximate surface area is 173 Å². The van der Waals surface area contributed by atoms with Crippen molar-refractivity contribution in [3.05, 3.63) is 94.8 Å². The average molecular weight is 433 g/mol. The monoisotopic (exact) mass is 432 g/mol. The minimum atomic E-state index is -3.99. The maximum absolute atomic E-state index is 13.7. The SMILES string of the molecule is CN(c1ccccc1)S(=O)(=O)c1cc(C(=O)NCc2ccccc2F)ccc1Cl. The minimum Gasteiger partial charge on any atom is -0.348 e. The number of nitrogens with zero attached hydrogens (tertiary/aromatic N) is 1. The summed E-state index contributed by atoms with van der Waals surface area (Å²) in [4.78, 5) is 12.3. The number of rotatable bonds is 6. The zero-order valence-corrected chi connectivity index (χ0v) is 17.0. The molecule has 8 heteroatoms. The van der Waals surface area contributed by atoms with Crippen LogP contribution >= 0.6 is 11.6 Å². The van der Waals surface area contributed by atoms with Crippen LogP contribution in [0.5, 0.6) is 0 Å². The van der Waals surface area contributed by atoms with Crippen LogP contribution in [-0.2, 0) is 16.6 Å². The van der Waals surface area contributed by atoms with E-state index >= 15 is 0 Å². The highest BCUT2D eigenvalue weighted by Crippen LogP contribution is 2.28. The van der Waals surface area contributed by atoms with E-state index in [1.165, 1.54) is 31.3 Å². The van der Waals surface area contributed by atoms with Crippen LogP contribution in [0.25, 0.3) is 0 Å². The van der Waals surface area contributed by atoms with Crippen molar-refractivity contribution in [1.82, 2.24) is 5.32 Å². The number of para-hydroxylation sites is 1. The third-order valence-corrected chi connectivity index (χ3v) is 6.62. The molecule has 5 nitrogen and oxygen atoms in total. The van der Waals surface area contributed by atoms with Gasteiger partial charge in [-0.2, -0.15) is 0 Å². The number of hydrogen-bond donors (Lipinski definition) is 1. The van der Waals surface area contributed by atoms with Crippen LogP contribution in [0.2, 0.25) is 5.02 Å². The van der Waals surface area contributed by atoms with E-state index in [0.717, 1.165) is 4.31 Å². The summed E-state index contributed by atoms with van der Waals surface area (Å²) in [5.74, 6) is -0.972. The summed E-state index contributed by atoms with van der Waals surface area (Å²) in [7, 11) is -2.58. The molecule has 0 radical (unpaired) electrons. The van der Waals surface area contributed by atoms with Gasteiger partial charge in [-0.25, -0.2) is 12.8 Å². The normalized spacial score (nSPS) is 11.1. The Morgan fingerprint density at radius 1 is 1.03 bits per heavy atom. The van der Waals surface area contributed by atoms with Crippen LogP contribution in [-0.4, -0.2) is 21.4 Å². The first-order valence-electron chi connectivity index (χ1n) is 8.66. The van der Waals surface area contributed by atoms with Gasteiger partial charge in [0.2, 0.25) is 0 Å². The average Bonchev–Trinajstić information content (AvgIpc) is 2.73. The van der Waals surface area contributed by atoms with Crippen molar-refractivity contribution in [2.75, 3.05) is 11.4 Å². The fourth-order valence-corrected chi connectivity index (χ4v) is 4.38. The van der Waals surface area contributed by atoms with Gasteiger partial charge in [0.25, 0.3) is 15.9 Å². The molecule has 0 aromatic heterocycles. The van der Waals surface area contributed by atoms with Crippen LogP contribution < -0.4 is 9.62 Å². The quantitative estimate of drug-likeness (QED) is 0.633. The second-order valence-electron chi connectivity index (χ2n) is 6.23. The molecule has 150 valence electrons. The van der Waals surface area contributed by atoms with Crippen molar-refractivity contribution >= 4 is 33.2 Å². The van der Waals surface area contributed by atoms with Gasteiger partial charge in [-0.1, -0.05) is 48.0 Å². The lowest BCUT2D eigenvalue weighted by atomic mass is 10.2. The molecule has 3 aromatic carbocycles. The molecule has 3 aromatic rings. The predicted molar refractivity (Wildman–Crippen MR) is 111 cm³/mol. The zero-order chi connectivity index (χ0) is 21.0. The standard InChI is InChI=1S/C21H18ClFN2O3S/c1-25(17-8-3-2-4-9-17)29(27,28)20-13-15(11-12-18(20)22)21(26)24-14-16-7-5-6-10-19(16)23/h2-13H,14H2,1H3,(H,24,26). The molecule has 0 saturated heterocycles. The first kappa shape index (κ1) is 20.8. The minimum absolute atomic E-state index is 0.00145. The molecule has 1 N–H and O–H groups in total. The molecule has 0 aliphatic carbocycles. The smallest absolute Gasteiger partial charge is 0.265 e. The highest BCUT2D eigenvalue weighted by atomic mass is 35.5. The van der Waals surface area contributed by atoms with Crippen LogP contribution in [0.15, 0.2) is 77.7 Å². The lowest BCUT2D eigenvalue weighted by Gasteiger charge is -2.20. The van der Waals surface area contributed by atoms with Crippen molar-refractivity contribution in [1.29, 1.82) is 0 Å². The highest BCUT2D eigenvalue weighted by molar-refractivity contribution is 7.93. The van der Waals surface area contributed by atoms with E-state index < -0.39 is 21.7 Å². The molecule has 3 rings (SSSR count). The van der Waals surface area contributed by atoms with Crippen LogP contribution in [0.1, 0.15) is 15.9 Å². The van der Waals surface area contributed by atoms with Crippen LogP contribution in [0.3, 0.4) is 0 Å². The van der Waals surface area contributed by atoms with E-state index in [0.29, 0.717) is 11.3 Å². The maximum Gasteiger partial charge on any atom is 0.265 e. The fraction of sp³-hybridized carbons (Fsp3) is 0.0952. The largest absolute Gasteiger partial charge is 0.348 e. The Hall–Kier alpha value is -2.90. The molecule has 0 aliphatic heterocycles. The second-order valence-corrected chi connectivity index (χ2v) is 8.57. The predicted octanol–water partition coefficient (Wildman–Crippen LogP) is 4.23. The maximum atomic E-state index is 13.7. The van der Waals surface area contributed by atoms with Crippen LogP contribution in [0.4, 0.5) is 10.1 Å². The Morgan fingerprint density at radius 3 is 2.38 bits per heavy atom. The van der Waals surface area contributed by atoms with Gasteiger partial charge in [-0.05, 0) is 36.4 Å². The van der Waals surface area contributed by atoms with E-state index in [9.17, 15) is 17.6 Å². The van der Waals surface area contributed by atoms with Crippen molar-refractivity contribution in [3.63, 3.8) is 0 Å². The molecular weight excluding hydrogens is 415 g/mol. The summed E-state index contributed by atoms with van der Waals surface area (Å²) >= 11 is 6.12. The summed E-state index contributed by atoms with van der Waals surface area (Å²) in [6.45, 7) is -0.0276. The molecule has 0 spiro atoms. The lowest BCUT2D eigenvalue weighted by molar-refractivity contribution is 0.0950. The third-order valence-electron chi connectivity index (χ3n) is 4.35. The first-order valence-corrected chi connectivity index (χ1v) is 10.5. The zero-order valence-electron chi connectivity index (χ0n) is 15.5. The molecule has 0 unspecified atom stereocenters. The number of amides is 1. The summed E-state index contributed by atoms with van der Waals surface area (Å²) < 4.78 is 40.8. The summed E-state index contributed by atoms with van der Waals surface area (Å²) in [5, 5.41) is 2.58. The number of halogens is 2. The molecule has 0 saturated carbocycles. The Kier molecular flexibility index (Phi) is 6.20. The molecule has 29 heavy (non-hydrogen) atoms. The number of benzene rings is 3. The van der Waals surface area contributed by atoms with Crippen molar-refractivity contribution in [2.24, 2.45) is 0 Å². The van der Waals surface area contributed by atoms with Crippen molar-refractivity contribution in [2.45, 2.75) is 11.4 Å². The molecule has 0 bridgehead atoms. The van der Waals surface area contributed by atoms with E-state index in [4.69, 9.17) is 11.6 Å². The molecule has 0 fully saturated rings. The van der Waals surface area contributed by atoms with Gasteiger partial charge in [-0.3, -0.25) is 9.10 Å². The van der Waals surface area contributed by atoms with E-state index in [-0.39, 0.29) is 22.0 Å². The Bertz CT molecular complexity index is 1140. The van der Waals surface area contributed by atoms with Gasteiger partial charge in [-0.15, -0.1) is 0 Å². The van der Waals surface area contributed by atoms with E-state index in [2.05, 4.69) is 5.32 Å². The van der Waals surface area contributed by atoms with Gasteiger partial charge in [0.1, 0.15) is 10.7 Å².